The first kappa shape index (κ1) is 16.2. The van der Waals surface area contributed by atoms with Crippen LogP contribution in [0.4, 0.5) is 0 Å². The van der Waals surface area contributed by atoms with Crippen molar-refractivity contribution in [1.82, 2.24) is 0 Å². The van der Waals surface area contributed by atoms with Gasteiger partial charge in [-0.2, -0.15) is 0 Å². The summed E-state index contributed by atoms with van der Waals surface area (Å²) in [5.74, 6) is 0.556. The zero-order valence-electron chi connectivity index (χ0n) is 12.7. The number of aliphatic imine (C=N–C) groups is 1. The number of carbonyl (C=O) groups excluding carboxylic acids is 1. The van der Waals surface area contributed by atoms with Crippen LogP contribution in [0, 0.1) is 5.41 Å². The van der Waals surface area contributed by atoms with Crippen molar-refractivity contribution in [3.8, 4) is 5.75 Å². The van der Waals surface area contributed by atoms with Crippen LogP contribution in [-0.2, 0) is 16.0 Å². The van der Waals surface area contributed by atoms with Crippen LogP contribution < -0.4 is 4.74 Å². The van der Waals surface area contributed by atoms with Crippen LogP contribution in [0.3, 0.4) is 0 Å². The van der Waals surface area contributed by atoms with E-state index in [1.54, 1.807) is 13.3 Å². The highest BCUT2D eigenvalue weighted by Gasteiger charge is 2.17. The average molecular weight is 277 g/mol. The van der Waals surface area contributed by atoms with Crippen molar-refractivity contribution in [3.05, 3.63) is 29.8 Å². The third-order valence-electron chi connectivity index (χ3n) is 3.06. The summed E-state index contributed by atoms with van der Waals surface area (Å²) in [7, 11) is 3.03. The van der Waals surface area contributed by atoms with Gasteiger partial charge in [-0.25, -0.2) is 0 Å². The molecule has 0 saturated heterocycles. The Hall–Kier alpha value is -1.84. The number of methoxy groups -OCH3 is 2. The topological polar surface area (TPSA) is 47.9 Å². The summed E-state index contributed by atoms with van der Waals surface area (Å²) in [6.07, 6.45) is 3.57. The molecule has 4 nitrogen and oxygen atoms in total. The molecule has 20 heavy (non-hydrogen) atoms. The third-order valence-corrected chi connectivity index (χ3v) is 3.06. The van der Waals surface area contributed by atoms with Crippen LogP contribution in [0.1, 0.15) is 25.8 Å². The van der Waals surface area contributed by atoms with Gasteiger partial charge in [0.1, 0.15) is 12.3 Å². The summed E-state index contributed by atoms with van der Waals surface area (Å²) in [6, 6.07) is 8.09. The number of benzene rings is 1. The molecule has 0 aliphatic rings. The Balaban J connectivity index is 2.49. The molecule has 0 amide bonds. The first-order valence-corrected chi connectivity index (χ1v) is 6.65. The standard InChI is InChI=1S/C16H23NO3/c1-16(2,9-10-17-12-15(18)20-4)11-13-5-7-14(19-3)8-6-13/h5-8,10H,9,11-12H2,1-4H3/b17-10+. The van der Waals surface area contributed by atoms with Crippen molar-refractivity contribution in [2.24, 2.45) is 10.4 Å². The van der Waals surface area contributed by atoms with Crippen LogP contribution in [0.25, 0.3) is 0 Å². The van der Waals surface area contributed by atoms with Gasteiger partial charge in [0.2, 0.25) is 0 Å². The first-order valence-electron chi connectivity index (χ1n) is 6.65. The van der Waals surface area contributed by atoms with E-state index in [2.05, 4.69) is 35.7 Å². The maximum absolute atomic E-state index is 10.9. The Morgan fingerprint density at radius 3 is 2.45 bits per heavy atom. The van der Waals surface area contributed by atoms with E-state index in [1.807, 2.05) is 12.1 Å². The van der Waals surface area contributed by atoms with Crippen molar-refractivity contribution >= 4 is 12.2 Å². The van der Waals surface area contributed by atoms with Crippen LogP contribution in [0.5, 0.6) is 5.75 Å². The van der Waals surface area contributed by atoms with E-state index in [9.17, 15) is 4.79 Å². The average Bonchev–Trinajstić information content (AvgIpc) is 2.43. The Morgan fingerprint density at radius 1 is 1.25 bits per heavy atom. The van der Waals surface area contributed by atoms with Gasteiger partial charge in [-0.1, -0.05) is 26.0 Å². The highest BCUT2D eigenvalue weighted by Crippen LogP contribution is 2.25. The summed E-state index contributed by atoms with van der Waals surface area (Å²) < 4.78 is 9.68. The maximum Gasteiger partial charge on any atom is 0.327 e. The molecule has 0 radical (unpaired) electrons. The summed E-state index contributed by atoms with van der Waals surface area (Å²) in [4.78, 5) is 15.0. The molecule has 0 atom stereocenters. The van der Waals surface area contributed by atoms with Gasteiger partial charge in [-0.15, -0.1) is 0 Å². The minimum absolute atomic E-state index is 0.0915. The molecule has 0 aromatic heterocycles. The zero-order chi connectivity index (χ0) is 15.0. The summed E-state index contributed by atoms with van der Waals surface area (Å²) >= 11 is 0. The largest absolute Gasteiger partial charge is 0.497 e. The van der Waals surface area contributed by atoms with Gasteiger partial charge in [0.25, 0.3) is 0 Å². The molecule has 0 aliphatic heterocycles. The molecule has 0 fully saturated rings. The van der Waals surface area contributed by atoms with Gasteiger partial charge < -0.3 is 9.47 Å². The lowest BCUT2D eigenvalue weighted by molar-refractivity contribution is -0.138. The Morgan fingerprint density at radius 2 is 1.90 bits per heavy atom. The zero-order valence-corrected chi connectivity index (χ0v) is 12.7. The van der Waals surface area contributed by atoms with Gasteiger partial charge in [0.15, 0.2) is 0 Å². The van der Waals surface area contributed by atoms with E-state index in [0.717, 1.165) is 18.6 Å². The summed E-state index contributed by atoms with van der Waals surface area (Å²) in [6.45, 7) is 4.46. The quantitative estimate of drug-likeness (QED) is 0.568. The molecule has 0 bridgehead atoms. The molecule has 0 N–H and O–H groups in total. The minimum Gasteiger partial charge on any atom is -0.497 e. The number of ether oxygens (including phenoxy) is 2. The number of esters is 1. The fourth-order valence-electron chi connectivity index (χ4n) is 1.88. The highest BCUT2D eigenvalue weighted by atomic mass is 16.5. The van der Waals surface area contributed by atoms with Crippen molar-refractivity contribution in [1.29, 1.82) is 0 Å². The monoisotopic (exact) mass is 277 g/mol. The third kappa shape index (κ3) is 5.87. The Bertz CT molecular complexity index is 449. The van der Waals surface area contributed by atoms with Crippen LogP contribution in [0.15, 0.2) is 29.3 Å². The first-order chi connectivity index (χ1) is 9.46. The number of rotatable bonds is 7. The molecular weight excluding hydrogens is 254 g/mol. The smallest absolute Gasteiger partial charge is 0.327 e. The van der Waals surface area contributed by atoms with Crippen molar-refractivity contribution in [3.63, 3.8) is 0 Å². The van der Waals surface area contributed by atoms with Crippen molar-refractivity contribution < 1.29 is 14.3 Å². The van der Waals surface area contributed by atoms with Crippen LogP contribution in [-0.4, -0.2) is 32.9 Å². The second-order valence-electron chi connectivity index (χ2n) is 5.49. The van der Waals surface area contributed by atoms with E-state index in [1.165, 1.54) is 12.7 Å². The lowest BCUT2D eigenvalue weighted by atomic mass is 9.83. The van der Waals surface area contributed by atoms with Gasteiger partial charge in [0, 0.05) is 0 Å². The van der Waals surface area contributed by atoms with Gasteiger partial charge in [-0.05, 0) is 42.2 Å². The molecule has 0 heterocycles. The fraction of sp³-hybridized carbons (Fsp3) is 0.500. The molecule has 0 spiro atoms. The number of hydrogen-bond donors (Lipinski definition) is 0. The second-order valence-corrected chi connectivity index (χ2v) is 5.49. The molecule has 0 aliphatic carbocycles. The number of hydrogen-bond acceptors (Lipinski definition) is 4. The van der Waals surface area contributed by atoms with E-state index in [0.29, 0.717) is 0 Å². The predicted octanol–water partition coefficient (Wildman–Crippen LogP) is 2.90. The fourth-order valence-corrected chi connectivity index (χ4v) is 1.88. The van der Waals surface area contributed by atoms with E-state index in [-0.39, 0.29) is 17.9 Å². The predicted molar refractivity (Wildman–Crippen MR) is 80.5 cm³/mol. The van der Waals surface area contributed by atoms with Crippen molar-refractivity contribution in [2.75, 3.05) is 20.8 Å². The highest BCUT2D eigenvalue weighted by molar-refractivity contribution is 5.73. The molecule has 0 unspecified atom stereocenters. The van der Waals surface area contributed by atoms with E-state index in [4.69, 9.17) is 4.74 Å². The van der Waals surface area contributed by atoms with Crippen LogP contribution in [0.2, 0.25) is 0 Å². The summed E-state index contributed by atoms with van der Waals surface area (Å²) in [5, 5.41) is 0. The van der Waals surface area contributed by atoms with E-state index < -0.39 is 0 Å². The molecule has 0 saturated carbocycles. The van der Waals surface area contributed by atoms with Crippen molar-refractivity contribution in [2.45, 2.75) is 26.7 Å². The maximum atomic E-state index is 10.9. The lowest BCUT2D eigenvalue weighted by Gasteiger charge is -2.22. The second kappa shape index (κ2) is 7.68. The SMILES string of the molecule is COC(=O)C/N=C/CC(C)(C)Cc1ccc(OC)cc1. The van der Waals surface area contributed by atoms with Gasteiger partial charge in [-0.3, -0.25) is 9.79 Å². The Kier molecular flexibility index (Phi) is 6.22. The number of carbonyl (C=O) groups is 1. The molecule has 1 aromatic carbocycles. The van der Waals surface area contributed by atoms with Gasteiger partial charge in [0.05, 0.1) is 14.2 Å². The van der Waals surface area contributed by atoms with Gasteiger partial charge >= 0.3 is 5.97 Å². The molecule has 4 heteroatoms. The van der Waals surface area contributed by atoms with Crippen LogP contribution >= 0.6 is 0 Å². The number of nitrogens with zero attached hydrogens (tertiary/aromatic N) is 1. The molecule has 1 aromatic rings. The summed E-state index contributed by atoms with van der Waals surface area (Å²) in [5.41, 5.74) is 1.35. The normalized spacial score (nSPS) is 11.6. The molecule has 110 valence electrons. The minimum atomic E-state index is -0.311. The Labute approximate surface area is 120 Å². The molecule has 1 rings (SSSR count). The van der Waals surface area contributed by atoms with E-state index >= 15 is 0 Å². The molecular formula is C16H23NO3. The lowest BCUT2D eigenvalue weighted by Crippen LogP contribution is -2.16.